The lowest BCUT2D eigenvalue weighted by molar-refractivity contribution is 0.104. The Morgan fingerprint density at radius 2 is 1.64 bits per heavy atom. The molecule has 2 aromatic carbocycles. The van der Waals surface area contributed by atoms with Crippen molar-refractivity contribution in [3.63, 3.8) is 0 Å². The van der Waals surface area contributed by atoms with Crippen molar-refractivity contribution in [2.75, 3.05) is 19.7 Å². The van der Waals surface area contributed by atoms with Gasteiger partial charge < -0.3 is 4.74 Å². The summed E-state index contributed by atoms with van der Waals surface area (Å²) in [7, 11) is -3.52. The molecule has 0 saturated carbocycles. The molecule has 6 heteroatoms. The van der Waals surface area contributed by atoms with Crippen LogP contribution in [-0.4, -0.2) is 38.2 Å². The van der Waals surface area contributed by atoms with E-state index in [0.29, 0.717) is 25.3 Å². The first-order chi connectivity index (χ1) is 13.4. The summed E-state index contributed by atoms with van der Waals surface area (Å²) in [5.41, 5.74) is 1.29. The van der Waals surface area contributed by atoms with Crippen LogP contribution in [0.3, 0.4) is 0 Å². The summed E-state index contributed by atoms with van der Waals surface area (Å²) < 4.78 is 31.8. The van der Waals surface area contributed by atoms with E-state index in [0.717, 1.165) is 11.3 Å². The first kappa shape index (κ1) is 21.6. The minimum absolute atomic E-state index is 0.187. The van der Waals surface area contributed by atoms with Gasteiger partial charge in [0.2, 0.25) is 10.0 Å². The number of nitrogens with zero attached hydrogens (tertiary/aromatic N) is 1. The van der Waals surface area contributed by atoms with E-state index in [4.69, 9.17) is 4.74 Å². The van der Waals surface area contributed by atoms with Crippen molar-refractivity contribution < 1.29 is 17.9 Å². The fourth-order valence-electron chi connectivity index (χ4n) is 2.60. The normalized spacial score (nSPS) is 11.7. The molecule has 148 valence electrons. The van der Waals surface area contributed by atoms with Crippen molar-refractivity contribution in [3.05, 3.63) is 78.4 Å². The fraction of sp³-hybridized carbons (Fsp3) is 0.227. The van der Waals surface area contributed by atoms with Gasteiger partial charge in [0.15, 0.2) is 5.78 Å². The molecule has 0 spiro atoms. The first-order valence-electron chi connectivity index (χ1n) is 9.08. The second kappa shape index (κ2) is 10.0. The number of rotatable bonds is 10. The average molecular weight is 400 g/mol. The highest BCUT2D eigenvalue weighted by Gasteiger charge is 2.21. The maximum absolute atomic E-state index is 12.5. The third-order valence-corrected chi connectivity index (χ3v) is 6.22. The zero-order valence-corrected chi connectivity index (χ0v) is 17.0. The van der Waals surface area contributed by atoms with Gasteiger partial charge in [-0.25, -0.2) is 8.42 Å². The highest BCUT2D eigenvalue weighted by molar-refractivity contribution is 7.89. The first-order valence-corrected chi connectivity index (χ1v) is 10.5. The molecule has 28 heavy (non-hydrogen) atoms. The zero-order chi connectivity index (χ0) is 20.6. The topological polar surface area (TPSA) is 63.7 Å². The van der Waals surface area contributed by atoms with Crippen LogP contribution < -0.4 is 4.74 Å². The second-order valence-electron chi connectivity index (χ2n) is 5.98. The lowest BCUT2D eigenvalue weighted by Gasteiger charge is -2.18. The van der Waals surface area contributed by atoms with Gasteiger partial charge in [-0.05, 0) is 48.0 Å². The molecule has 5 nitrogen and oxygen atoms in total. The van der Waals surface area contributed by atoms with Gasteiger partial charge in [-0.15, -0.1) is 0 Å². The van der Waals surface area contributed by atoms with Crippen LogP contribution in [0.2, 0.25) is 0 Å². The van der Waals surface area contributed by atoms with Crippen LogP contribution in [0.5, 0.6) is 5.75 Å². The molecule has 0 aromatic heterocycles. The van der Waals surface area contributed by atoms with Crippen molar-refractivity contribution in [1.82, 2.24) is 4.31 Å². The number of ether oxygens (including phenoxy) is 1. The third kappa shape index (κ3) is 5.41. The highest BCUT2D eigenvalue weighted by Crippen LogP contribution is 2.17. The Morgan fingerprint density at radius 1 is 1.04 bits per heavy atom. The average Bonchev–Trinajstić information content (AvgIpc) is 2.72. The fourth-order valence-corrected chi connectivity index (χ4v) is 4.06. The quantitative estimate of drug-likeness (QED) is 0.342. The number of ketones is 1. The van der Waals surface area contributed by atoms with Crippen LogP contribution in [0.25, 0.3) is 6.08 Å². The predicted molar refractivity (Wildman–Crippen MR) is 112 cm³/mol. The molecule has 0 heterocycles. The standard InChI is InChI=1S/C22H25NO4S/c1-4-17-27-20-12-7-18(8-13-20)9-16-22(24)19-10-14-21(15-11-19)28(25,26)23(5-2)6-3/h4,7-16H,1,5-6,17H2,2-3H3/b16-9+. The van der Waals surface area contributed by atoms with Crippen molar-refractivity contribution >= 4 is 21.9 Å². The van der Waals surface area contributed by atoms with Gasteiger partial charge in [-0.2, -0.15) is 4.31 Å². The number of hydrogen-bond donors (Lipinski definition) is 0. The van der Waals surface area contributed by atoms with Crippen LogP contribution in [-0.2, 0) is 10.0 Å². The lowest BCUT2D eigenvalue weighted by Crippen LogP contribution is -2.30. The number of carbonyl (C=O) groups is 1. The molecule has 0 aliphatic heterocycles. The Morgan fingerprint density at radius 3 is 2.18 bits per heavy atom. The number of hydrogen-bond acceptors (Lipinski definition) is 4. The number of carbonyl (C=O) groups excluding carboxylic acids is 1. The minimum atomic E-state index is -3.52. The van der Waals surface area contributed by atoms with Gasteiger partial charge in [0.25, 0.3) is 0 Å². The number of benzene rings is 2. The summed E-state index contributed by atoms with van der Waals surface area (Å²) in [4.78, 5) is 12.5. The molecule has 0 unspecified atom stereocenters. The Balaban J connectivity index is 2.08. The molecule has 0 bridgehead atoms. The van der Waals surface area contributed by atoms with Gasteiger partial charge in [0.1, 0.15) is 12.4 Å². The van der Waals surface area contributed by atoms with Gasteiger partial charge in [0, 0.05) is 18.7 Å². The van der Waals surface area contributed by atoms with Crippen molar-refractivity contribution in [2.24, 2.45) is 0 Å². The Labute approximate surface area is 167 Å². The van der Waals surface area contributed by atoms with Gasteiger partial charge in [-0.1, -0.05) is 44.7 Å². The van der Waals surface area contributed by atoms with E-state index in [9.17, 15) is 13.2 Å². The highest BCUT2D eigenvalue weighted by atomic mass is 32.2. The molecule has 0 amide bonds. The summed E-state index contributed by atoms with van der Waals surface area (Å²) in [6.07, 6.45) is 4.85. The summed E-state index contributed by atoms with van der Waals surface area (Å²) in [6, 6.07) is 13.4. The largest absolute Gasteiger partial charge is 0.490 e. The maximum Gasteiger partial charge on any atom is 0.243 e. The predicted octanol–water partition coefficient (Wildman–Crippen LogP) is 4.18. The lowest BCUT2D eigenvalue weighted by atomic mass is 10.1. The number of allylic oxidation sites excluding steroid dienone is 1. The Hall–Kier alpha value is -2.70. The van der Waals surface area contributed by atoms with E-state index < -0.39 is 10.0 Å². The van der Waals surface area contributed by atoms with Crippen LogP contribution in [0, 0.1) is 0 Å². The molecule has 0 atom stereocenters. The molecular weight excluding hydrogens is 374 g/mol. The van der Waals surface area contributed by atoms with Crippen LogP contribution >= 0.6 is 0 Å². The SMILES string of the molecule is C=CCOc1ccc(/C=C/C(=O)c2ccc(S(=O)(=O)N(CC)CC)cc2)cc1. The Bertz CT molecular complexity index is 926. The molecule has 0 aliphatic rings. The molecule has 0 aliphatic carbocycles. The van der Waals surface area contributed by atoms with Crippen molar-refractivity contribution in [2.45, 2.75) is 18.7 Å². The third-order valence-electron chi connectivity index (χ3n) is 4.16. The van der Waals surface area contributed by atoms with Crippen molar-refractivity contribution in [1.29, 1.82) is 0 Å². The van der Waals surface area contributed by atoms with E-state index in [-0.39, 0.29) is 10.7 Å². The number of sulfonamides is 1. The minimum Gasteiger partial charge on any atom is -0.490 e. The van der Waals surface area contributed by atoms with Gasteiger partial charge in [-0.3, -0.25) is 4.79 Å². The van der Waals surface area contributed by atoms with Gasteiger partial charge in [0.05, 0.1) is 4.90 Å². The smallest absolute Gasteiger partial charge is 0.243 e. The van der Waals surface area contributed by atoms with E-state index >= 15 is 0 Å². The van der Waals surface area contributed by atoms with E-state index in [1.807, 2.05) is 24.3 Å². The van der Waals surface area contributed by atoms with Gasteiger partial charge >= 0.3 is 0 Å². The summed E-state index contributed by atoms with van der Waals surface area (Å²) >= 11 is 0. The van der Waals surface area contributed by atoms with E-state index in [1.165, 1.54) is 34.6 Å². The van der Waals surface area contributed by atoms with E-state index in [2.05, 4.69) is 6.58 Å². The molecule has 0 radical (unpaired) electrons. The van der Waals surface area contributed by atoms with E-state index in [1.54, 1.807) is 26.0 Å². The summed E-state index contributed by atoms with van der Waals surface area (Å²) in [5.74, 6) is 0.534. The van der Waals surface area contributed by atoms with Crippen molar-refractivity contribution in [3.8, 4) is 5.75 Å². The Kier molecular flexibility index (Phi) is 7.72. The molecule has 2 aromatic rings. The second-order valence-corrected chi connectivity index (χ2v) is 7.92. The molecule has 2 rings (SSSR count). The zero-order valence-electron chi connectivity index (χ0n) is 16.2. The summed E-state index contributed by atoms with van der Waals surface area (Å²) in [6.45, 7) is 8.43. The molecule has 0 fully saturated rings. The maximum atomic E-state index is 12.5. The van der Waals surface area contributed by atoms with Crippen LogP contribution in [0.15, 0.2) is 72.2 Å². The molecule has 0 N–H and O–H groups in total. The van der Waals surface area contributed by atoms with Crippen LogP contribution in [0.4, 0.5) is 0 Å². The summed E-state index contributed by atoms with van der Waals surface area (Å²) in [5, 5.41) is 0. The molecule has 0 saturated heterocycles. The monoisotopic (exact) mass is 399 g/mol. The molecular formula is C22H25NO4S. The van der Waals surface area contributed by atoms with Crippen LogP contribution in [0.1, 0.15) is 29.8 Å².